The molecule has 0 fully saturated rings. The third-order valence-electron chi connectivity index (χ3n) is 4.63. The second kappa shape index (κ2) is 6.51. The summed E-state index contributed by atoms with van der Waals surface area (Å²) in [4.78, 5) is 3.74. The van der Waals surface area contributed by atoms with E-state index >= 15 is 0 Å². The summed E-state index contributed by atoms with van der Waals surface area (Å²) >= 11 is 1.60. The first-order valence-electron chi connectivity index (χ1n) is 8.15. The van der Waals surface area contributed by atoms with Crippen molar-refractivity contribution in [2.24, 2.45) is 0 Å². The zero-order valence-electron chi connectivity index (χ0n) is 13.0. The van der Waals surface area contributed by atoms with Gasteiger partial charge in [-0.05, 0) is 53.2 Å². The lowest BCUT2D eigenvalue weighted by molar-refractivity contribution is 0.831. The molecule has 0 saturated heterocycles. The number of fused-ring (bicyclic) bond motifs is 4. The first-order valence-corrected chi connectivity index (χ1v) is 9.09. The second-order valence-electron chi connectivity index (χ2n) is 5.95. The Hall–Kier alpha value is -2.19. The molecular weight excluding hydrogens is 298 g/mol. The molecule has 2 aromatic carbocycles. The molecule has 23 heavy (non-hydrogen) atoms. The maximum absolute atomic E-state index is 3.74. The van der Waals surface area contributed by atoms with E-state index in [1.54, 1.807) is 34.2 Å². The Kier molecular flexibility index (Phi) is 4.08. The Morgan fingerprint density at radius 3 is 2.74 bits per heavy atom. The van der Waals surface area contributed by atoms with E-state index in [-0.39, 0.29) is 0 Å². The lowest BCUT2D eigenvalue weighted by Gasteiger charge is -2.25. The van der Waals surface area contributed by atoms with Crippen LogP contribution in [0.1, 0.15) is 30.4 Å². The zero-order valence-corrected chi connectivity index (χ0v) is 13.9. The predicted molar refractivity (Wildman–Crippen MR) is 99.7 cm³/mol. The molecule has 1 nitrogen and oxygen atoms in total. The van der Waals surface area contributed by atoms with E-state index in [2.05, 4.69) is 53.5 Å². The number of benzene rings is 2. The Balaban J connectivity index is 0.000000233. The van der Waals surface area contributed by atoms with Gasteiger partial charge in [0.2, 0.25) is 0 Å². The van der Waals surface area contributed by atoms with E-state index < -0.39 is 0 Å². The minimum Gasteiger partial charge on any atom is -0.253 e. The summed E-state index contributed by atoms with van der Waals surface area (Å²) in [6.07, 6.45) is 11.4. The summed E-state index contributed by atoms with van der Waals surface area (Å²) in [6.45, 7) is 0. The van der Waals surface area contributed by atoms with Crippen LogP contribution in [0.4, 0.5) is 0 Å². The molecule has 5 rings (SSSR count). The van der Waals surface area contributed by atoms with Crippen LogP contribution in [0.25, 0.3) is 16.3 Å². The predicted octanol–water partition coefficient (Wildman–Crippen LogP) is 6.03. The van der Waals surface area contributed by atoms with Crippen molar-refractivity contribution in [2.75, 3.05) is 0 Å². The van der Waals surface area contributed by atoms with E-state index in [9.17, 15) is 0 Å². The summed E-state index contributed by atoms with van der Waals surface area (Å²) in [5, 5.41) is 4.75. The van der Waals surface area contributed by atoms with E-state index in [1.165, 1.54) is 47.6 Å². The normalized spacial score (nSPS) is 15.7. The topological polar surface area (TPSA) is 12.9 Å². The first-order chi connectivity index (χ1) is 11.4. The number of hydrogen-bond donors (Lipinski definition) is 0. The molecule has 0 aliphatic heterocycles. The van der Waals surface area contributed by atoms with Crippen molar-refractivity contribution >= 4 is 27.7 Å². The Labute approximate surface area is 141 Å². The van der Waals surface area contributed by atoms with Crippen molar-refractivity contribution in [1.82, 2.24) is 4.98 Å². The highest BCUT2D eigenvalue weighted by molar-refractivity contribution is 7.07. The largest absolute Gasteiger partial charge is 0.253 e. The van der Waals surface area contributed by atoms with Gasteiger partial charge in [0.25, 0.3) is 0 Å². The van der Waals surface area contributed by atoms with Gasteiger partial charge in [-0.25, -0.2) is 0 Å². The van der Waals surface area contributed by atoms with Gasteiger partial charge < -0.3 is 0 Å². The maximum atomic E-state index is 3.74. The second-order valence-corrected chi connectivity index (χ2v) is 6.70. The van der Waals surface area contributed by atoms with Crippen molar-refractivity contribution in [3.8, 4) is 0 Å². The molecule has 1 aromatic heterocycles. The van der Waals surface area contributed by atoms with Gasteiger partial charge in [-0.15, -0.1) is 11.3 Å². The molecule has 0 bridgehead atoms. The average molecular weight is 317 g/mol. The minimum atomic E-state index is 1.21. The molecule has 0 amide bonds. The molecule has 0 spiro atoms. The number of aromatic nitrogens is 1. The number of hydrogen-bond acceptors (Lipinski definition) is 2. The van der Waals surface area contributed by atoms with Crippen LogP contribution < -0.4 is 0 Å². The highest BCUT2D eigenvalue weighted by Gasteiger charge is 2.20. The molecule has 0 saturated carbocycles. The van der Waals surface area contributed by atoms with Crippen molar-refractivity contribution in [1.29, 1.82) is 0 Å². The molecule has 3 aromatic rings. The Morgan fingerprint density at radius 1 is 0.957 bits per heavy atom. The number of rotatable bonds is 0. The quantitative estimate of drug-likeness (QED) is 0.493. The summed E-state index contributed by atoms with van der Waals surface area (Å²) in [6, 6.07) is 13.4. The summed E-state index contributed by atoms with van der Waals surface area (Å²) in [7, 11) is 0. The monoisotopic (exact) mass is 317 g/mol. The third kappa shape index (κ3) is 2.87. The van der Waals surface area contributed by atoms with Gasteiger partial charge in [-0.1, -0.05) is 54.1 Å². The van der Waals surface area contributed by atoms with Crippen LogP contribution in [0.2, 0.25) is 0 Å². The smallest absolute Gasteiger partial charge is 0.0791 e. The van der Waals surface area contributed by atoms with Gasteiger partial charge in [0.15, 0.2) is 0 Å². The Morgan fingerprint density at radius 2 is 1.91 bits per heavy atom. The number of nitrogens with zero attached hydrogens (tertiary/aromatic N) is 1. The van der Waals surface area contributed by atoms with E-state index in [1.807, 2.05) is 5.38 Å². The van der Waals surface area contributed by atoms with Crippen LogP contribution in [-0.2, 0) is 6.42 Å². The van der Waals surface area contributed by atoms with Gasteiger partial charge in [0.05, 0.1) is 5.51 Å². The van der Waals surface area contributed by atoms with Crippen LogP contribution in [0, 0.1) is 0 Å². The summed E-state index contributed by atoms with van der Waals surface area (Å²) in [5.74, 6) is 0. The van der Waals surface area contributed by atoms with Gasteiger partial charge in [-0.3, -0.25) is 4.98 Å². The highest BCUT2D eigenvalue weighted by Crippen LogP contribution is 2.39. The lowest BCUT2D eigenvalue weighted by atomic mass is 9.80. The van der Waals surface area contributed by atoms with Crippen LogP contribution in [0.3, 0.4) is 0 Å². The molecule has 1 heterocycles. The highest BCUT2D eigenvalue weighted by atomic mass is 32.1. The zero-order chi connectivity index (χ0) is 15.5. The van der Waals surface area contributed by atoms with Gasteiger partial charge in [0, 0.05) is 11.6 Å². The average Bonchev–Trinajstić information content (AvgIpc) is 3.21. The minimum absolute atomic E-state index is 1.21. The number of aryl methyl sites for hydroxylation is 1. The van der Waals surface area contributed by atoms with Crippen molar-refractivity contribution < 1.29 is 0 Å². The van der Waals surface area contributed by atoms with Crippen molar-refractivity contribution in [2.45, 2.75) is 25.7 Å². The number of allylic oxidation sites excluding steroid dienone is 4. The molecule has 2 aliphatic carbocycles. The molecule has 0 unspecified atom stereocenters. The SMILES string of the molecule is C1=CC2=C(CC1)CCc1c2ccc2ccccc12.c1cscn1. The van der Waals surface area contributed by atoms with E-state index in [0.29, 0.717) is 0 Å². The van der Waals surface area contributed by atoms with Crippen LogP contribution >= 0.6 is 11.3 Å². The standard InChI is InChI=1S/C18H16.C3H3NS/c1-3-7-15-13(5-1)9-11-18-16-8-4-2-6-14(16)10-12-17(15)18;1-2-5-3-4-1/h1,3-5,7-9,11H,2,6,10,12H2;1-3H. The van der Waals surface area contributed by atoms with Crippen LogP contribution in [0.15, 0.2) is 71.2 Å². The lowest BCUT2D eigenvalue weighted by Crippen LogP contribution is -2.06. The van der Waals surface area contributed by atoms with E-state index in [0.717, 1.165) is 0 Å². The fraction of sp³-hybridized carbons (Fsp3) is 0.190. The number of thiazole rings is 1. The van der Waals surface area contributed by atoms with Crippen molar-refractivity contribution in [3.63, 3.8) is 0 Å². The molecular formula is C21H19NS. The Bertz CT molecular complexity index is 855. The summed E-state index contributed by atoms with van der Waals surface area (Å²) < 4.78 is 0. The summed E-state index contributed by atoms with van der Waals surface area (Å²) in [5.41, 5.74) is 8.00. The fourth-order valence-corrected chi connectivity index (χ4v) is 3.91. The first kappa shape index (κ1) is 14.4. The molecule has 114 valence electrons. The molecule has 0 radical (unpaired) electrons. The molecule has 0 N–H and O–H groups in total. The van der Waals surface area contributed by atoms with Gasteiger partial charge in [0.1, 0.15) is 0 Å². The molecule has 2 aliphatic rings. The molecule has 0 atom stereocenters. The third-order valence-corrected chi connectivity index (χ3v) is 5.16. The van der Waals surface area contributed by atoms with E-state index in [4.69, 9.17) is 0 Å². The van der Waals surface area contributed by atoms with Crippen LogP contribution in [-0.4, -0.2) is 4.98 Å². The van der Waals surface area contributed by atoms with Crippen LogP contribution in [0.5, 0.6) is 0 Å². The van der Waals surface area contributed by atoms with Crippen molar-refractivity contribution in [3.05, 3.63) is 82.3 Å². The maximum Gasteiger partial charge on any atom is 0.0791 e. The van der Waals surface area contributed by atoms with Gasteiger partial charge >= 0.3 is 0 Å². The molecule has 2 heteroatoms. The fourth-order valence-electron chi connectivity index (χ4n) is 3.56. The van der Waals surface area contributed by atoms with Gasteiger partial charge in [-0.2, -0.15) is 0 Å².